The highest BCUT2D eigenvalue weighted by molar-refractivity contribution is 14.1. The minimum Gasteiger partial charge on any atom is -0.207 e. The molecule has 0 unspecified atom stereocenters. The number of halogens is 4. The van der Waals surface area contributed by atoms with Crippen molar-refractivity contribution in [1.82, 2.24) is 0 Å². The van der Waals surface area contributed by atoms with Crippen LogP contribution in [0.25, 0.3) is 11.1 Å². The van der Waals surface area contributed by atoms with E-state index in [0.29, 0.717) is 10.0 Å². The molecular weight excluding hydrogens is 361 g/mol. The Morgan fingerprint density at radius 3 is 2.38 bits per heavy atom. The monoisotopic (exact) mass is 366 g/mol. The van der Waals surface area contributed by atoms with Crippen LogP contribution in [-0.4, -0.2) is 0 Å². The Hall–Kier alpha value is -0.320. The predicted molar refractivity (Wildman–Crippen MR) is 74.6 cm³/mol. The molecule has 16 heavy (non-hydrogen) atoms. The lowest BCUT2D eigenvalue weighted by Crippen LogP contribution is -1.84. The van der Waals surface area contributed by atoms with Crippen LogP contribution in [0.15, 0.2) is 36.4 Å². The fourth-order valence-corrected chi connectivity index (χ4v) is 2.58. The predicted octanol–water partition coefficient (Wildman–Crippen LogP) is 5.40. The molecule has 0 amide bonds. The first-order valence-electron chi connectivity index (χ1n) is 4.48. The highest BCUT2D eigenvalue weighted by atomic mass is 127. The first-order chi connectivity index (χ1) is 7.56. The van der Waals surface area contributed by atoms with Crippen molar-refractivity contribution >= 4 is 45.8 Å². The summed E-state index contributed by atoms with van der Waals surface area (Å²) in [4.78, 5) is 0. The maximum absolute atomic E-state index is 13.3. The zero-order valence-electron chi connectivity index (χ0n) is 7.98. The molecule has 0 aromatic heterocycles. The molecule has 2 rings (SSSR count). The summed E-state index contributed by atoms with van der Waals surface area (Å²) in [6.45, 7) is 0. The normalized spacial score (nSPS) is 10.5. The molecule has 0 atom stereocenters. The molecule has 0 saturated heterocycles. The number of benzene rings is 2. The van der Waals surface area contributed by atoms with Gasteiger partial charge in [0, 0.05) is 19.2 Å². The van der Waals surface area contributed by atoms with Gasteiger partial charge in [0.2, 0.25) is 0 Å². The van der Waals surface area contributed by atoms with Gasteiger partial charge in [-0.25, -0.2) is 4.39 Å². The molecule has 0 bridgehead atoms. The SMILES string of the molecule is Fc1cc(I)cc(-c2ccc(Cl)cc2Cl)c1. The van der Waals surface area contributed by atoms with Gasteiger partial charge < -0.3 is 0 Å². The van der Waals surface area contributed by atoms with E-state index in [4.69, 9.17) is 23.2 Å². The summed E-state index contributed by atoms with van der Waals surface area (Å²) in [6.07, 6.45) is 0. The topological polar surface area (TPSA) is 0 Å². The first-order valence-corrected chi connectivity index (χ1v) is 6.31. The van der Waals surface area contributed by atoms with Crippen molar-refractivity contribution in [3.8, 4) is 11.1 Å². The van der Waals surface area contributed by atoms with Crippen LogP contribution >= 0.6 is 45.8 Å². The Labute approximate surface area is 117 Å². The molecule has 82 valence electrons. The lowest BCUT2D eigenvalue weighted by Gasteiger charge is -2.06. The molecule has 2 aromatic carbocycles. The van der Waals surface area contributed by atoms with E-state index in [2.05, 4.69) is 22.6 Å². The van der Waals surface area contributed by atoms with Crippen LogP contribution in [0, 0.1) is 9.39 Å². The van der Waals surface area contributed by atoms with E-state index in [1.54, 1.807) is 18.2 Å². The summed E-state index contributed by atoms with van der Waals surface area (Å²) >= 11 is 13.9. The summed E-state index contributed by atoms with van der Waals surface area (Å²) in [7, 11) is 0. The van der Waals surface area contributed by atoms with Gasteiger partial charge in [0.15, 0.2) is 0 Å². The van der Waals surface area contributed by atoms with Crippen LogP contribution in [0.5, 0.6) is 0 Å². The van der Waals surface area contributed by atoms with Crippen molar-refractivity contribution in [3.63, 3.8) is 0 Å². The summed E-state index contributed by atoms with van der Waals surface area (Å²) in [5.41, 5.74) is 1.54. The van der Waals surface area contributed by atoms with Gasteiger partial charge in [-0.3, -0.25) is 0 Å². The minimum atomic E-state index is -0.270. The molecule has 0 N–H and O–H groups in total. The second-order valence-corrected chi connectivity index (χ2v) is 5.37. The highest BCUT2D eigenvalue weighted by Crippen LogP contribution is 2.31. The molecule has 0 fully saturated rings. The second-order valence-electron chi connectivity index (χ2n) is 3.28. The van der Waals surface area contributed by atoms with Crippen molar-refractivity contribution in [1.29, 1.82) is 0 Å². The zero-order chi connectivity index (χ0) is 11.7. The van der Waals surface area contributed by atoms with Crippen LogP contribution in [0.1, 0.15) is 0 Å². The average molecular weight is 367 g/mol. The van der Waals surface area contributed by atoms with Gasteiger partial charge in [0.1, 0.15) is 5.82 Å². The van der Waals surface area contributed by atoms with Crippen molar-refractivity contribution in [2.24, 2.45) is 0 Å². The van der Waals surface area contributed by atoms with Crippen LogP contribution in [0.3, 0.4) is 0 Å². The summed E-state index contributed by atoms with van der Waals surface area (Å²) in [6, 6.07) is 9.97. The maximum atomic E-state index is 13.3. The third-order valence-electron chi connectivity index (χ3n) is 2.10. The largest absolute Gasteiger partial charge is 0.207 e. The number of rotatable bonds is 1. The van der Waals surface area contributed by atoms with E-state index >= 15 is 0 Å². The van der Waals surface area contributed by atoms with Crippen LogP contribution in [0.2, 0.25) is 10.0 Å². The third kappa shape index (κ3) is 2.67. The molecule has 4 heteroatoms. The van der Waals surface area contributed by atoms with Crippen molar-refractivity contribution in [2.75, 3.05) is 0 Å². The number of hydrogen-bond acceptors (Lipinski definition) is 0. The lowest BCUT2D eigenvalue weighted by atomic mass is 10.1. The molecule has 0 nitrogen and oxygen atoms in total. The molecule has 0 aliphatic rings. The molecule has 0 saturated carbocycles. The summed E-state index contributed by atoms with van der Waals surface area (Å²) < 4.78 is 14.1. The lowest BCUT2D eigenvalue weighted by molar-refractivity contribution is 0.627. The Balaban J connectivity index is 2.58. The Bertz CT molecular complexity index is 520. The fraction of sp³-hybridized carbons (Fsp3) is 0. The van der Waals surface area contributed by atoms with Gasteiger partial charge >= 0.3 is 0 Å². The Kier molecular flexibility index (Phi) is 3.72. The van der Waals surface area contributed by atoms with Crippen LogP contribution < -0.4 is 0 Å². The molecule has 0 spiro atoms. The fourth-order valence-electron chi connectivity index (χ4n) is 1.43. The molecule has 0 aliphatic carbocycles. The van der Waals surface area contributed by atoms with Gasteiger partial charge in [-0.15, -0.1) is 0 Å². The smallest absolute Gasteiger partial charge is 0.124 e. The van der Waals surface area contributed by atoms with Crippen LogP contribution in [0.4, 0.5) is 4.39 Å². The summed E-state index contributed by atoms with van der Waals surface area (Å²) in [5.74, 6) is -0.270. The van der Waals surface area contributed by atoms with E-state index in [0.717, 1.165) is 14.7 Å². The van der Waals surface area contributed by atoms with E-state index < -0.39 is 0 Å². The van der Waals surface area contributed by atoms with Gasteiger partial charge in [0.25, 0.3) is 0 Å². The molecule has 0 radical (unpaired) electrons. The Morgan fingerprint density at radius 1 is 1.00 bits per heavy atom. The standard InChI is InChI=1S/C12H6Cl2FI/c13-8-1-2-11(12(14)5-8)7-3-9(15)6-10(16)4-7/h1-6H. The quantitative estimate of drug-likeness (QED) is 0.592. The van der Waals surface area contributed by atoms with Gasteiger partial charge in [-0.05, 0) is 58.5 Å². The molecule has 0 heterocycles. The second kappa shape index (κ2) is 4.90. The van der Waals surface area contributed by atoms with Crippen molar-refractivity contribution in [3.05, 3.63) is 55.8 Å². The van der Waals surface area contributed by atoms with Crippen molar-refractivity contribution in [2.45, 2.75) is 0 Å². The number of hydrogen-bond donors (Lipinski definition) is 0. The van der Waals surface area contributed by atoms with E-state index in [9.17, 15) is 4.39 Å². The van der Waals surface area contributed by atoms with Crippen LogP contribution in [-0.2, 0) is 0 Å². The summed E-state index contributed by atoms with van der Waals surface area (Å²) in [5, 5.41) is 1.09. The van der Waals surface area contributed by atoms with E-state index in [1.165, 1.54) is 12.1 Å². The highest BCUT2D eigenvalue weighted by Gasteiger charge is 2.06. The van der Waals surface area contributed by atoms with Gasteiger partial charge in [-0.1, -0.05) is 29.3 Å². The zero-order valence-corrected chi connectivity index (χ0v) is 11.6. The minimum absolute atomic E-state index is 0.270. The van der Waals surface area contributed by atoms with E-state index in [1.807, 2.05) is 6.07 Å². The first kappa shape index (κ1) is 12.1. The maximum Gasteiger partial charge on any atom is 0.124 e. The van der Waals surface area contributed by atoms with Gasteiger partial charge in [-0.2, -0.15) is 0 Å². The molecular formula is C12H6Cl2FI. The molecule has 2 aromatic rings. The average Bonchev–Trinajstić information content (AvgIpc) is 2.15. The van der Waals surface area contributed by atoms with Gasteiger partial charge in [0.05, 0.1) is 0 Å². The van der Waals surface area contributed by atoms with Crippen molar-refractivity contribution < 1.29 is 4.39 Å². The third-order valence-corrected chi connectivity index (χ3v) is 3.28. The Morgan fingerprint density at radius 2 is 1.75 bits per heavy atom. The molecule has 0 aliphatic heterocycles. The van der Waals surface area contributed by atoms with E-state index in [-0.39, 0.29) is 5.82 Å².